The number of H-pyrrole nitrogens is 1. The Kier molecular flexibility index (Phi) is 3.78. The van der Waals surface area contributed by atoms with Crippen molar-refractivity contribution in [2.45, 2.75) is 32.6 Å². The second-order valence-electron chi connectivity index (χ2n) is 8.89. The van der Waals surface area contributed by atoms with Gasteiger partial charge < -0.3 is 24.1 Å². The van der Waals surface area contributed by atoms with Crippen LogP contribution in [-0.2, 0) is 29.0 Å². The van der Waals surface area contributed by atoms with Gasteiger partial charge in [-0.3, -0.25) is 0 Å². The Balaban J connectivity index is 1.64. The van der Waals surface area contributed by atoms with E-state index in [0.29, 0.717) is 13.2 Å². The zero-order valence-electron chi connectivity index (χ0n) is 17.9. The Morgan fingerprint density at radius 3 is 2.88 bits per heavy atom. The monoisotopic (exact) mass is 424 g/mol. The van der Waals surface area contributed by atoms with Gasteiger partial charge in [0, 0.05) is 46.5 Å². The zero-order chi connectivity index (χ0) is 21.4. The first-order valence-electron chi connectivity index (χ1n) is 11.3. The van der Waals surface area contributed by atoms with E-state index in [9.17, 15) is 5.11 Å². The van der Waals surface area contributed by atoms with Crippen LogP contribution in [0.25, 0.3) is 43.7 Å². The van der Waals surface area contributed by atoms with Gasteiger partial charge in [0.2, 0.25) is 0 Å². The molecule has 0 spiro atoms. The van der Waals surface area contributed by atoms with E-state index in [0.717, 1.165) is 41.5 Å². The third-order valence-electron chi connectivity index (χ3n) is 7.01. The van der Waals surface area contributed by atoms with Crippen LogP contribution in [0.3, 0.4) is 0 Å². The topological polar surface area (TPSA) is 62.7 Å². The molecule has 0 radical (unpaired) electrons. The minimum atomic E-state index is 0.242. The van der Waals surface area contributed by atoms with E-state index < -0.39 is 0 Å². The van der Waals surface area contributed by atoms with Crippen LogP contribution >= 0.6 is 0 Å². The fourth-order valence-electron chi connectivity index (χ4n) is 5.57. The normalized spacial score (nSPS) is 16.8. The Morgan fingerprint density at radius 2 is 2.03 bits per heavy atom. The molecule has 5 nitrogen and oxygen atoms in total. The number of rotatable bonds is 5. The number of ether oxygens (including phenoxy) is 2. The molecule has 5 heteroatoms. The van der Waals surface area contributed by atoms with E-state index in [2.05, 4.69) is 52.0 Å². The summed E-state index contributed by atoms with van der Waals surface area (Å²) >= 11 is 0. The summed E-state index contributed by atoms with van der Waals surface area (Å²) in [6.07, 6.45) is 3.10. The molecule has 0 saturated carbocycles. The Hall–Kier alpha value is -3.28. The number of benzene rings is 3. The summed E-state index contributed by atoms with van der Waals surface area (Å²) < 4.78 is 13.8. The minimum absolute atomic E-state index is 0.242. The molecule has 7 rings (SSSR count). The van der Waals surface area contributed by atoms with Crippen molar-refractivity contribution in [3.63, 3.8) is 0 Å². The predicted molar refractivity (Wildman–Crippen MR) is 126 cm³/mol. The van der Waals surface area contributed by atoms with Crippen molar-refractivity contribution in [1.29, 1.82) is 0 Å². The third-order valence-corrected chi connectivity index (χ3v) is 7.01. The van der Waals surface area contributed by atoms with Crippen molar-refractivity contribution in [3.05, 3.63) is 65.4 Å². The smallest absolute Gasteiger partial charge is 0.197 e. The van der Waals surface area contributed by atoms with Gasteiger partial charge in [0.25, 0.3) is 0 Å². The summed E-state index contributed by atoms with van der Waals surface area (Å²) in [6.45, 7) is 4.98. The van der Waals surface area contributed by atoms with Gasteiger partial charge >= 0.3 is 0 Å². The Labute approximate surface area is 185 Å². The number of hydrogen-bond acceptors (Lipinski definition) is 3. The molecule has 2 N–H and O–H groups in total. The highest BCUT2D eigenvalue weighted by Gasteiger charge is 2.31. The van der Waals surface area contributed by atoms with Gasteiger partial charge in [0.15, 0.2) is 5.88 Å². The molecule has 3 aromatic carbocycles. The lowest BCUT2D eigenvalue weighted by Gasteiger charge is -2.11. The molecule has 1 aliphatic heterocycles. The van der Waals surface area contributed by atoms with Crippen LogP contribution in [0.1, 0.15) is 23.6 Å². The molecule has 5 aromatic rings. The number of aromatic amines is 1. The molecule has 2 aromatic heterocycles. The highest BCUT2D eigenvalue weighted by molar-refractivity contribution is 6.27. The first kappa shape index (κ1) is 18.3. The molecule has 1 atom stereocenters. The van der Waals surface area contributed by atoms with Crippen LogP contribution in [0.2, 0.25) is 0 Å². The second kappa shape index (κ2) is 6.61. The number of fused-ring (bicyclic) bond motifs is 10. The van der Waals surface area contributed by atoms with Crippen molar-refractivity contribution >= 4 is 32.6 Å². The minimum Gasteiger partial charge on any atom is -0.494 e. The summed E-state index contributed by atoms with van der Waals surface area (Å²) in [5.74, 6) is 0.242. The van der Waals surface area contributed by atoms with Crippen molar-refractivity contribution < 1.29 is 14.6 Å². The van der Waals surface area contributed by atoms with E-state index in [1.54, 1.807) is 0 Å². The summed E-state index contributed by atoms with van der Waals surface area (Å²) in [5, 5.41) is 15.3. The molecule has 1 aliphatic carbocycles. The van der Waals surface area contributed by atoms with Gasteiger partial charge in [-0.05, 0) is 41.3 Å². The lowest BCUT2D eigenvalue weighted by atomic mass is 9.96. The highest BCUT2D eigenvalue weighted by Crippen LogP contribution is 2.50. The van der Waals surface area contributed by atoms with Crippen molar-refractivity contribution in [3.8, 4) is 17.0 Å². The summed E-state index contributed by atoms with van der Waals surface area (Å²) in [5.41, 5.74) is 8.64. The predicted octanol–water partition coefficient (Wildman–Crippen LogP) is 5.49. The van der Waals surface area contributed by atoms with E-state index in [1.807, 2.05) is 13.1 Å². The van der Waals surface area contributed by atoms with Gasteiger partial charge in [0.05, 0.1) is 36.8 Å². The molecule has 1 fully saturated rings. The number of nitrogens with zero attached hydrogens (tertiary/aromatic N) is 1. The fourth-order valence-corrected chi connectivity index (χ4v) is 5.57. The SMILES string of the molecule is CCOCc1ccc2c(c1)c1c3c[nH]c(O)c3c3c(c1n2CC1CO1)Cc1ccccc1-3. The molecule has 0 bridgehead atoms. The second-order valence-corrected chi connectivity index (χ2v) is 8.89. The quantitative estimate of drug-likeness (QED) is 0.360. The number of nitrogens with one attached hydrogen (secondary N) is 1. The summed E-state index contributed by atoms with van der Waals surface area (Å²) in [6, 6.07) is 15.2. The van der Waals surface area contributed by atoms with Crippen LogP contribution in [0.4, 0.5) is 0 Å². The average molecular weight is 425 g/mol. The third kappa shape index (κ3) is 2.46. The number of aromatic nitrogens is 2. The lowest BCUT2D eigenvalue weighted by molar-refractivity contribution is 0.134. The number of aromatic hydroxyl groups is 1. The van der Waals surface area contributed by atoms with Gasteiger partial charge in [-0.2, -0.15) is 0 Å². The first-order valence-corrected chi connectivity index (χ1v) is 11.3. The average Bonchev–Trinajstić information content (AvgIpc) is 3.31. The van der Waals surface area contributed by atoms with E-state index >= 15 is 0 Å². The number of epoxide rings is 1. The van der Waals surface area contributed by atoms with Crippen molar-refractivity contribution in [2.24, 2.45) is 0 Å². The molecule has 160 valence electrons. The molecule has 2 aliphatic rings. The fraction of sp³-hybridized carbons (Fsp3) is 0.259. The van der Waals surface area contributed by atoms with E-state index in [4.69, 9.17) is 9.47 Å². The summed E-state index contributed by atoms with van der Waals surface area (Å²) in [7, 11) is 0. The van der Waals surface area contributed by atoms with Gasteiger partial charge in [-0.15, -0.1) is 0 Å². The van der Waals surface area contributed by atoms with Gasteiger partial charge in [0.1, 0.15) is 0 Å². The van der Waals surface area contributed by atoms with Crippen LogP contribution in [0, 0.1) is 0 Å². The van der Waals surface area contributed by atoms with Crippen LogP contribution < -0.4 is 0 Å². The molecule has 3 heterocycles. The maximum atomic E-state index is 10.9. The molecule has 0 amide bonds. The number of hydrogen-bond donors (Lipinski definition) is 2. The molecule has 32 heavy (non-hydrogen) atoms. The molecular weight excluding hydrogens is 400 g/mol. The van der Waals surface area contributed by atoms with Crippen molar-refractivity contribution in [1.82, 2.24) is 9.55 Å². The maximum absolute atomic E-state index is 10.9. The molecular formula is C27H24N2O3. The van der Waals surface area contributed by atoms with E-state index in [-0.39, 0.29) is 12.0 Å². The lowest BCUT2D eigenvalue weighted by Crippen LogP contribution is -2.05. The van der Waals surface area contributed by atoms with Crippen LogP contribution in [0.15, 0.2) is 48.7 Å². The molecule has 1 saturated heterocycles. The molecule has 1 unspecified atom stereocenters. The zero-order valence-corrected chi connectivity index (χ0v) is 17.9. The van der Waals surface area contributed by atoms with Crippen LogP contribution in [0.5, 0.6) is 5.88 Å². The maximum Gasteiger partial charge on any atom is 0.197 e. The van der Waals surface area contributed by atoms with Gasteiger partial charge in [-0.25, -0.2) is 0 Å². The Morgan fingerprint density at radius 1 is 1.16 bits per heavy atom. The first-order chi connectivity index (χ1) is 15.7. The standard InChI is InChI=1S/C27H24N2O3/c1-2-31-13-15-7-8-22-19(9-15)24-21-11-28-27(30)25(21)23-18-6-4-3-5-16(18)10-20(23)26(24)29(22)12-17-14-32-17/h3-9,11,17,28,30H,2,10,12-14H2,1H3. The Bertz CT molecular complexity index is 1540. The summed E-state index contributed by atoms with van der Waals surface area (Å²) in [4.78, 5) is 3.10. The van der Waals surface area contributed by atoms with Gasteiger partial charge in [-0.1, -0.05) is 30.3 Å². The van der Waals surface area contributed by atoms with E-state index in [1.165, 1.54) is 38.5 Å². The van der Waals surface area contributed by atoms with Crippen LogP contribution in [-0.4, -0.2) is 34.0 Å². The highest BCUT2D eigenvalue weighted by atomic mass is 16.6. The largest absolute Gasteiger partial charge is 0.494 e. The van der Waals surface area contributed by atoms with Crippen molar-refractivity contribution in [2.75, 3.05) is 13.2 Å².